The second-order valence-electron chi connectivity index (χ2n) is 20.5. The molecule has 3 saturated heterocycles. The topological polar surface area (TPSA) is 376 Å². The smallest absolute Gasteiger partial charge is 1.00 e. The van der Waals surface area contributed by atoms with Crippen LogP contribution >= 0.6 is 59.7 Å². The fourth-order valence-corrected chi connectivity index (χ4v) is 15.4. The first-order chi connectivity index (χ1) is 44.0. The number of likely N-dealkylation sites (N-methyl/N-ethyl adjacent to an activating group) is 1. The minimum absolute atomic E-state index is 0. The second kappa shape index (κ2) is 40.8. The van der Waals surface area contributed by atoms with Gasteiger partial charge in [-0.05, 0) is 138 Å². The minimum Gasteiger partial charge on any atom is -1.00 e. The summed E-state index contributed by atoms with van der Waals surface area (Å²) < 4.78 is 133. The van der Waals surface area contributed by atoms with Crippen molar-refractivity contribution in [1.82, 2.24) is 40.1 Å². The number of rotatable bonds is 20. The van der Waals surface area contributed by atoms with Crippen LogP contribution in [0.4, 0.5) is 11.4 Å². The van der Waals surface area contributed by atoms with Crippen molar-refractivity contribution in [3.63, 3.8) is 0 Å². The number of hydrazine groups is 1. The normalized spacial score (nSPS) is 17.1. The first kappa shape index (κ1) is 91.8. The average molecular weight is 1590 g/mol. The molecule has 0 spiro atoms. The van der Waals surface area contributed by atoms with E-state index in [9.17, 15) is 62.2 Å². The summed E-state index contributed by atoms with van der Waals surface area (Å²) >= 11 is 14.1. The number of carbonyl (C=O) groups is 4. The molecule has 1 unspecified atom stereocenters. The molecule has 1 aromatic heterocycles. The molecule has 98 heavy (non-hydrogen) atoms. The van der Waals surface area contributed by atoms with Crippen molar-refractivity contribution in [1.29, 1.82) is 0 Å². The van der Waals surface area contributed by atoms with Crippen LogP contribution in [0.1, 0.15) is 77.3 Å². The van der Waals surface area contributed by atoms with Crippen LogP contribution in [0, 0.1) is 6.92 Å². The number of aryl methyl sites for hydroxylation is 1. The summed E-state index contributed by atoms with van der Waals surface area (Å²) in [6, 6.07) is 14.7. The van der Waals surface area contributed by atoms with Gasteiger partial charge in [-0.25, -0.2) is 15.1 Å². The number of hydrogen-bond donors (Lipinski definition) is 7. The van der Waals surface area contributed by atoms with E-state index in [1.807, 2.05) is 36.4 Å². The quantitative estimate of drug-likeness (QED) is 0.0172. The molecule has 6 heterocycles. The van der Waals surface area contributed by atoms with Crippen LogP contribution in [0.2, 0.25) is 0 Å². The number of H-pyrrole nitrogens is 1. The molecule has 0 bridgehead atoms. The molecule has 0 saturated carbocycles. The third-order valence-electron chi connectivity index (χ3n) is 14.1. The molecular weight excluding hydrogens is 1510 g/mol. The van der Waals surface area contributed by atoms with E-state index in [1.54, 1.807) is 36.9 Å². The Hall–Kier alpha value is -2.29. The molecule has 3 fully saturated rings. The van der Waals surface area contributed by atoms with Crippen LogP contribution < -0.4 is 163 Å². The van der Waals surface area contributed by atoms with Gasteiger partial charge in [0.15, 0.2) is 5.88 Å². The van der Waals surface area contributed by atoms with E-state index < -0.39 is 63.9 Å². The fraction of sp³-hybridized carbons (Fsp3) is 0.362. The molecular formula is C58H77K2N10NaO18S9. The number of nitrogens with one attached hydrogen (secondary N) is 3. The number of thioether (sulfide) groups is 3. The van der Waals surface area contributed by atoms with Crippen molar-refractivity contribution in [2.75, 3.05) is 74.5 Å². The molecule has 0 radical (unpaired) electrons. The van der Waals surface area contributed by atoms with Gasteiger partial charge in [0.25, 0.3) is 63.8 Å². The van der Waals surface area contributed by atoms with Crippen molar-refractivity contribution >= 4 is 150 Å². The molecule has 40 heteroatoms. The van der Waals surface area contributed by atoms with Gasteiger partial charge in [0.1, 0.15) is 24.3 Å². The van der Waals surface area contributed by atoms with Crippen LogP contribution in [-0.4, -0.2) is 184 Å². The number of amides is 4. The van der Waals surface area contributed by atoms with Crippen LogP contribution in [-0.2, 0) is 59.7 Å². The summed E-state index contributed by atoms with van der Waals surface area (Å²) in [6.45, 7) is 18.4. The number of aromatic amines is 1. The monoisotopic (exact) mass is 1590 g/mol. The largest absolute Gasteiger partial charge is 1.00 e. The molecule has 5 aliphatic rings. The molecule has 4 amide bonds. The maximum atomic E-state index is 13.1. The second-order valence-corrected chi connectivity index (χ2v) is 30.7. The third-order valence-corrected chi connectivity index (χ3v) is 21.5. The summed E-state index contributed by atoms with van der Waals surface area (Å²) in [6.07, 6.45) is 9.89. The maximum absolute atomic E-state index is 13.1. The average Bonchev–Trinajstić information content (AvgIpc) is 1.60. The van der Waals surface area contributed by atoms with Gasteiger partial charge in [0, 0.05) is 67.7 Å². The molecule has 7 N–H and O–H groups in total. The first-order valence-corrected chi connectivity index (χ1v) is 37.9. The minimum atomic E-state index is -4.38. The number of allylic oxidation sites excluding steroid dienone is 3. The number of carbonyl (C=O) groups excluding carboxylic acids is 4. The van der Waals surface area contributed by atoms with Crippen molar-refractivity contribution in [2.24, 2.45) is 0 Å². The van der Waals surface area contributed by atoms with E-state index in [4.69, 9.17) is 42.8 Å². The molecule has 28 nitrogen and oxygen atoms in total. The number of aromatic nitrogens is 2. The summed E-state index contributed by atoms with van der Waals surface area (Å²) in [7, 11) is -15.5. The number of unbranched alkanes of at least 4 members (excludes halogenated alkanes) is 1. The fourth-order valence-electron chi connectivity index (χ4n) is 9.18. The number of thiocarbonyl (C=S) groups is 2. The van der Waals surface area contributed by atoms with Crippen molar-refractivity contribution in [3.05, 3.63) is 139 Å². The summed E-state index contributed by atoms with van der Waals surface area (Å²) in [4.78, 5) is 71.9. The number of benzene rings is 3. The van der Waals surface area contributed by atoms with Gasteiger partial charge >= 0.3 is 132 Å². The van der Waals surface area contributed by atoms with E-state index in [0.29, 0.717) is 77.9 Å². The first-order valence-electron chi connectivity index (χ1n) is 28.5. The van der Waals surface area contributed by atoms with Gasteiger partial charge in [-0.2, -0.15) is 33.7 Å². The number of methoxy groups -OCH3 is 1. The van der Waals surface area contributed by atoms with E-state index in [-0.39, 0.29) is 206 Å². The van der Waals surface area contributed by atoms with Gasteiger partial charge in [-0.15, -0.1) is 0 Å². The third kappa shape index (κ3) is 25.5. The summed E-state index contributed by atoms with van der Waals surface area (Å²) in [5, 5.41) is 7.05. The molecule has 9 rings (SSSR count). The SMILES string of the molecule is C.CCN(CC)CC.CCN1C(=O)C(=C2C=CN(CCCCS(=O)(=O)O)C=C2)SC1=S.COc1ccc2c(c1)N(CS(=O)(=O)O)/C(=C1/SC(=S)N(CCNC(C)=O)C1=O)S2.Cc1[nH]n(-c2ccc(S(=O)(=O)O)cc2)c(=O)c1C=C1C(=O)N(c2ccc(S(=O)(=O)O)cc2)NC1C.[H-].[H-].[H-].[K+].[K+].[Na+]. The molecule has 5 aliphatic heterocycles. The van der Waals surface area contributed by atoms with E-state index in [0.717, 1.165) is 41.6 Å². The molecule has 3 aromatic carbocycles. The zero-order valence-electron chi connectivity index (χ0n) is 57.9. The molecule has 4 aromatic rings. The van der Waals surface area contributed by atoms with Crippen molar-refractivity contribution in [3.8, 4) is 11.4 Å². The Balaban J connectivity index is 0. The van der Waals surface area contributed by atoms with Crippen LogP contribution in [0.3, 0.4) is 0 Å². The zero-order chi connectivity index (χ0) is 69.8. The van der Waals surface area contributed by atoms with Gasteiger partial charge in [-0.3, -0.25) is 57.1 Å². The summed E-state index contributed by atoms with van der Waals surface area (Å²) in [5.74, 6) is -1.55. The number of nitrogens with zero attached hydrogens (tertiary/aromatic N) is 7. The Kier molecular flexibility index (Phi) is 38.3. The molecule has 0 aliphatic carbocycles. The van der Waals surface area contributed by atoms with Crippen LogP contribution in [0.25, 0.3) is 11.8 Å². The Morgan fingerprint density at radius 3 is 1.73 bits per heavy atom. The predicted molar refractivity (Wildman–Crippen MR) is 379 cm³/mol. The predicted octanol–water partition coefficient (Wildman–Crippen LogP) is -1.63. The van der Waals surface area contributed by atoms with Gasteiger partial charge in [0.2, 0.25) is 5.91 Å². The summed E-state index contributed by atoms with van der Waals surface area (Å²) in [5.41, 5.74) is 5.40. The Bertz CT molecular complexity index is 4280. The standard InChI is InChI=1S/C21H20N4O8S2.C16H17N3O6S4.C14H18N2O4S3.C6H15N.CH4.2K.Na.3H/c1-12-18(20(26)24(22-12)14-3-7-16(8-4-14)34(28,29)30)11-19-13(2)23-25(21(19)27)15-5-9-17(10-6-15)35(31,32)33;1-9(20)17-5-6-18-14(21)13(28-16(18)26)15-19(8-29(22,23)24)11-7-10(25-2)3-4-12(11)27-15;1-2-16-13(17)12(22-14(16)21)11-5-8-15(9-6-11)7-3-4-10-23(18,19)20;1-4-7(5-2)6-3;;;;;;;/h3-12,22-23H,1-2H3,(H,28,29,30)(H,31,32,33);3-4,7H,5-6,8H2,1-2H3,(H,17,20)(H,22,23,24);5-6,8-9H,2-4,7,10H2,1H3,(H,18,19,20);4-6H2,1-3H3;1H4;;;;;;/q;;;;;3*+1;3*-1/b;15-13-;;;;;;;;;. The number of ether oxygens (including phenoxy) is 1. The number of anilines is 2. The number of hydrogen-bond acceptors (Lipinski definition) is 23. The zero-order valence-corrected chi connectivity index (χ0v) is 70.5. The molecule has 1 atom stereocenters. The maximum Gasteiger partial charge on any atom is 1.00 e. The van der Waals surface area contributed by atoms with Crippen LogP contribution in [0.5, 0.6) is 5.75 Å². The number of fused-ring (bicyclic) bond motifs is 1. The van der Waals surface area contributed by atoms with Gasteiger partial charge in [-0.1, -0.05) is 87.9 Å². The van der Waals surface area contributed by atoms with Crippen molar-refractivity contribution < 1.29 is 212 Å². The van der Waals surface area contributed by atoms with Gasteiger partial charge < -0.3 is 29.0 Å². The van der Waals surface area contributed by atoms with Crippen molar-refractivity contribution in [2.45, 2.75) is 89.5 Å². The van der Waals surface area contributed by atoms with E-state index >= 15 is 0 Å². The van der Waals surface area contributed by atoms with Crippen LogP contribution in [0.15, 0.2) is 137 Å². The van der Waals surface area contributed by atoms with E-state index in [2.05, 4.69) is 41.5 Å². The Morgan fingerprint density at radius 2 is 1.26 bits per heavy atom. The molecule has 524 valence electrons. The Labute approximate surface area is 706 Å². The van der Waals surface area contributed by atoms with Gasteiger partial charge in [0.05, 0.1) is 56.2 Å². The Morgan fingerprint density at radius 1 is 0.724 bits per heavy atom. The van der Waals surface area contributed by atoms with E-state index in [1.165, 1.54) is 107 Å².